The Kier molecular flexibility index (Phi) is 4.57. The number of aryl methyl sites for hydroxylation is 2. The van der Waals surface area contributed by atoms with E-state index in [0.29, 0.717) is 23.8 Å². The van der Waals surface area contributed by atoms with E-state index in [9.17, 15) is 9.90 Å². The lowest BCUT2D eigenvalue weighted by Crippen LogP contribution is -2.20. The van der Waals surface area contributed by atoms with Crippen molar-refractivity contribution < 1.29 is 9.90 Å². The topological polar surface area (TPSA) is 55.1 Å². The average Bonchev–Trinajstić information content (AvgIpc) is 2.43. The van der Waals surface area contributed by atoms with E-state index in [2.05, 4.69) is 5.10 Å². The van der Waals surface area contributed by atoms with Crippen molar-refractivity contribution >= 4 is 17.6 Å². The van der Waals surface area contributed by atoms with Crippen LogP contribution in [-0.4, -0.2) is 20.9 Å². The highest BCUT2D eigenvalue weighted by Crippen LogP contribution is 2.25. The minimum absolute atomic E-state index is 0.351. The second-order valence-electron chi connectivity index (χ2n) is 4.84. The summed E-state index contributed by atoms with van der Waals surface area (Å²) in [7, 11) is 1.79. The molecule has 1 rings (SSSR count). The van der Waals surface area contributed by atoms with Gasteiger partial charge in [-0.1, -0.05) is 25.4 Å². The fourth-order valence-corrected chi connectivity index (χ4v) is 2.21. The zero-order chi connectivity index (χ0) is 13.2. The van der Waals surface area contributed by atoms with Crippen LogP contribution in [0.3, 0.4) is 0 Å². The first-order chi connectivity index (χ1) is 7.82. The molecule has 1 unspecified atom stereocenters. The lowest BCUT2D eigenvalue weighted by atomic mass is 9.93. The Hall–Kier alpha value is -1.03. The van der Waals surface area contributed by atoms with Crippen molar-refractivity contribution in [2.75, 3.05) is 0 Å². The molecule has 1 aromatic rings. The second-order valence-corrected chi connectivity index (χ2v) is 5.22. The van der Waals surface area contributed by atoms with Gasteiger partial charge < -0.3 is 5.11 Å². The van der Waals surface area contributed by atoms with Gasteiger partial charge in [0.15, 0.2) is 0 Å². The zero-order valence-electron chi connectivity index (χ0n) is 10.7. The van der Waals surface area contributed by atoms with E-state index >= 15 is 0 Å². The summed E-state index contributed by atoms with van der Waals surface area (Å²) < 4.78 is 1.67. The lowest BCUT2D eigenvalue weighted by molar-refractivity contribution is -0.142. The Morgan fingerprint density at radius 3 is 2.47 bits per heavy atom. The summed E-state index contributed by atoms with van der Waals surface area (Å²) in [6, 6.07) is 0. The van der Waals surface area contributed by atoms with Crippen molar-refractivity contribution in [3.63, 3.8) is 0 Å². The van der Waals surface area contributed by atoms with Crippen molar-refractivity contribution in [2.24, 2.45) is 18.9 Å². The molecule has 0 aliphatic heterocycles. The number of nitrogens with zero attached hydrogens (tertiary/aromatic N) is 2. The standard InChI is InChI=1S/C12H19ClN2O2/c1-7(2)5-9(12(16)17)6-10-11(13)8(3)14-15(10)4/h7,9H,5-6H2,1-4H3,(H,16,17). The summed E-state index contributed by atoms with van der Waals surface area (Å²) in [5, 5.41) is 14.0. The molecule has 0 bridgehead atoms. The van der Waals surface area contributed by atoms with Gasteiger partial charge >= 0.3 is 5.97 Å². The van der Waals surface area contributed by atoms with Gasteiger partial charge in [-0.15, -0.1) is 0 Å². The van der Waals surface area contributed by atoms with E-state index in [0.717, 1.165) is 11.4 Å². The van der Waals surface area contributed by atoms with Gasteiger partial charge in [-0.3, -0.25) is 9.48 Å². The summed E-state index contributed by atoms with van der Waals surface area (Å²) in [5.41, 5.74) is 1.55. The molecule has 1 N–H and O–H groups in total. The number of rotatable bonds is 5. The smallest absolute Gasteiger partial charge is 0.306 e. The summed E-state index contributed by atoms with van der Waals surface area (Å²) in [5.74, 6) is -0.819. The number of carboxylic acids is 1. The van der Waals surface area contributed by atoms with Crippen LogP contribution in [-0.2, 0) is 18.3 Å². The van der Waals surface area contributed by atoms with Crippen LogP contribution in [0, 0.1) is 18.8 Å². The Labute approximate surface area is 107 Å². The van der Waals surface area contributed by atoms with Gasteiger partial charge in [0.05, 0.1) is 22.3 Å². The Bertz CT molecular complexity index is 413. The number of carbonyl (C=O) groups is 1. The summed E-state index contributed by atoms with van der Waals surface area (Å²) >= 11 is 6.12. The molecule has 4 nitrogen and oxygen atoms in total. The Balaban J connectivity index is 2.89. The Morgan fingerprint density at radius 2 is 2.12 bits per heavy atom. The van der Waals surface area contributed by atoms with Crippen molar-refractivity contribution in [1.82, 2.24) is 9.78 Å². The van der Waals surface area contributed by atoms with Crippen LogP contribution < -0.4 is 0 Å². The summed E-state index contributed by atoms with van der Waals surface area (Å²) in [6.07, 6.45) is 1.08. The van der Waals surface area contributed by atoms with Crippen LogP contribution in [0.2, 0.25) is 5.02 Å². The van der Waals surface area contributed by atoms with E-state index in [4.69, 9.17) is 11.6 Å². The highest BCUT2D eigenvalue weighted by atomic mass is 35.5. The molecule has 0 saturated heterocycles. The fourth-order valence-electron chi connectivity index (χ4n) is 1.98. The summed E-state index contributed by atoms with van der Waals surface area (Å²) in [6.45, 7) is 5.86. The van der Waals surface area contributed by atoms with E-state index in [1.165, 1.54) is 0 Å². The molecule has 96 valence electrons. The van der Waals surface area contributed by atoms with Gasteiger partial charge in [-0.25, -0.2) is 0 Å². The summed E-state index contributed by atoms with van der Waals surface area (Å²) in [4.78, 5) is 11.2. The van der Waals surface area contributed by atoms with Crippen LogP contribution in [0.4, 0.5) is 0 Å². The van der Waals surface area contributed by atoms with E-state index in [1.807, 2.05) is 20.8 Å². The number of carboxylic acid groups (broad SMARTS) is 1. The minimum Gasteiger partial charge on any atom is -0.481 e. The second kappa shape index (κ2) is 5.54. The predicted molar refractivity (Wildman–Crippen MR) is 67.2 cm³/mol. The maximum Gasteiger partial charge on any atom is 0.306 e. The molecule has 1 atom stereocenters. The predicted octanol–water partition coefficient (Wildman–Crippen LogP) is 2.67. The van der Waals surface area contributed by atoms with Crippen LogP contribution in [0.25, 0.3) is 0 Å². The monoisotopic (exact) mass is 258 g/mol. The van der Waals surface area contributed by atoms with Gasteiger partial charge in [0.25, 0.3) is 0 Å². The molecule has 5 heteroatoms. The van der Waals surface area contributed by atoms with E-state index in [1.54, 1.807) is 11.7 Å². The molecule has 0 spiro atoms. The lowest BCUT2D eigenvalue weighted by Gasteiger charge is -2.14. The van der Waals surface area contributed by atoms with E-state index in [-0.39, 0.29) is 0 Å². The van der Waals surface area contributed by atoms with Gasteiger partial charge in [-0.05, 0) is 19.3 Å². The molecule has 0 fully saturated rings. The molecule has 0 radical (unpaired) electrons. The first-order valence-corrected chi connectivity index (χ1v) is 6.11. The third-order valence-corrected chi connectivity index (χ3v) is 3.30. The molecule has 0 aliphatic rings. The zero-order valence-corrected chi connectivity index (χ0v) is 11.5. The minimum atomic E-state index is -0.770. The largest absolute Gasteiger partial charge is 0.481 e. The van der Waals surface area contributed by atoms with Crippen LogP contribution in [0.1, 0.15) is 31.7 Å². The molecule has 17 heavy (non-hydrogen) atoms. The Morgan fingerprint density at radius 1 is 1.53 bits per heavy atom. The quantitative estimate of drug-likeness (QED) is 0.883. The number of aromatic nitrogens is 2. The van der Waals surface area contributed by atoms with Gasteiger partial charge in [0, 0.05) is 13.5 Å². The van der Waals surface area contributed by atoms with Crippen LogP contribution in [0.15, 0.2) is 0 Å². The van der Waals surface area contributed by atoms with Crippen molar-refractivity contribution in [3.8, 4) is 0 Å². The van der Waals surface area contributed by atoms with E-state index < -0.39 is 11.9 Å². The van der Waals surface area contributed by atoms with Crippen molar-refractivity contribution in [3.05, 3.63) is 16.4 Å². The van der Waals surface area contributed by atoms with Gasteiger partial charge in [0.1, 0.15) is 0 Å². The molecule has 0 aliphatic carbocycles. The maximum absolute atomic E-state index is 11.2. The SMILES string of the molecule is Cc1nn(C)c(CC(CC(C)C)C(=O)O)c1Cl. The number of hydrogen-bond donors (Lipinski definition) is 1. The van der Waals surface area contributed by atoms with Gasteiger partial charge in [-0.2, -0.15) is 5.10 Å². The molecule has 1 heterocycles. The third-order valence-electron chi connectivity index (χ3n) is 2.81. The van der Waals surface area contributed by atoms with Crippen LogP contribution in [0.5, 0.6) is 0 Å². The molecule has 1 aromatic heterocycles. The first kappa shape index (κ1) is 14.0. The fraction of sp³-hybridized carbons (Fsp3) is 0.667. The van der Waals surface area contributed by atoms with Crippen LogP contribution >= 0.6 is 11.6 Å². The molecular formula is C12H19ClN2O2. The molecule has 0 saturated carbocycles. The third kappa shape index (κ3) is 3.46. The number of halogens is 1. The first-order valence-electron chi connectivity index (χ1n) is 5.73. The average molecular weight is 259 g/mol. The number of aliphatic carboxylic acids is 1. The molecule has 0 amide bonds. The number of hydrogen-bond acceptors (Lipinski definition) is 2. The molecular weight excluding hydrogens is 240 g/mol. The van der Waals surface area contributed by atoms with Crippen molar-refractivity contribution in [1.29, 1.82) is 0 Å². The normalized spacial score (nSPS) is 13.1. The molecule has 0 aromatic carbocycles. The van der Waals surface area contributed by atoms with Gasteiger partial charge in [0.2, 0.25) is 0 Å². The highest BCUT2D eigenvalue weighted by Gasteiger charge is 2.23. The highest BCUT2D eigenvalue weighted by molar-refractivity contribution is 6.31. The maximum atomic E-state index is 11.2. The van der Waals surface area contributed by atoms with Crippen molar-refractivity contribution in [2.45, 2.75) is 33.6 Å².